The van der Waals surface area contributed by atoms with Gasteiger partial charge in [0.05, 0.1) is 12.3 Å². The van der Waals surface area contributed by atoms with Crippen LogP contribution in [0.1, 0.15) is 38.0 Å². The SMILES string of the molecule is CC(NC(=O)NC1CCC1)c1ccco1. The minimum Gasteiger partial charge on any atom is -0.467 e. The minimum absolute atomic E-state index is 0.0833. The van der Waals surface area contributed by atoms with Gasteiger partial charge in [-0.05, 0) is 38.3 Å². The summed E-state index contributed by atoms with van der Waals surface area (Å²) in [4.78, 5) is 11.5. The minimum atomic E-state index is -0.108. The monoisotopic (exact) mass is 208 g/mol. The predicted octanol–water partition coefficient (Wildman–Crippen LogP) is 2.19. The highest BCUT2D eigenvalue weighted by Gasteiger charge is 2.20. The molecule has 1 aliphatic rings. The Bertz CT molecular complexity index is 317. The summed E-state index contributed by atoms with van der Waals surface area (Å²) in [6.45, 7) is 1.90. The van der Waals surface area contributed by atoms with Crippen molar-refractivity contribution in [2.45, 2.75) is 38.3 Å². The average Bonchev–Trinajstić information content (AvgIpc) is 2.64. The summed E-state index contributed by atoms with van der Waals surface area (Å²) < 4.78 is 5.20. The van der Waals surface area contributed by atoms with Crippen molar-refractivity contribution in [2.24, 2.45) is 0 Å². The van der Waals surface area contributed by atoms with Crippen molar-refractivity contribution >= 4 is 6.03 Å². The number of carbonyl (C=O) groups is 1. The van der Waals surface area contributed by atoms with Gasteiger partial charge in [-0.1, -0.05) is 0 Å². The van der Waals surface area contributed by atoms with Crippen molar-refractivity contribution in [3.63, 3.8) is 0 Å². The van der Waals surface area contributed by atoms with E-state index in [1.54, 1.807) is 6.26 Å². The second kappa shape index (κ2) is 4.38. The summed E-state index contributed by atoms with van der Waals surface area (Å²) in [6, 6.07) is 3.85. The second-order valence-electron chi connectivity index (χ2n) is 3.98. The Hall–Kier alpha value is -1.45. The maximum absolute atomic E-state index is 11.5. The molecule has 0 radical (unpaired) electrons. The lowest BCUT2D eigenvalue weighted by Gasteiger charge is -2.27. The van der Waals surface area contributed by atoms with Gasteiger partial charge >= 0.3 is 6.03 Å². The molecule has 0 spiro atoms. The Balaban J connectivity index is 1.78. The van der Waals surface area contributed by atoms with Crippen LogP contribution in [0.2, 0.25) is 0 Å². The van der Waals surface area contributed by atoms with Gasteiger partial charge in [-0.3, -0.25) is 0 Å². The fraction of sp³-hybridized carbons (Fsp3) is 0.545. The Morgan fingerprint density at radius 3 is 2.93 bits per heavy atom. The molecule has 1 unspecified atom stereocenters. The van der Waals surface area contributed by atoms with E-state index in [0.29, 0.717) is 6.04 Å². The first-order chi connectivity index (χ1) is 7.25. The molecule has 1 aliphatic carbocycles. The first-order valence-electron chi connectivity index (χ1n) is 5.36. The van der Waals surface area contributed by atoms with Crippen molar-refractivity contribution in [2.75, 3.05) is 0 Å². The molecule has 1 aromatic heterocycles. The van der Waals surface area contributed by atoms with Crippen LogP contribution in [0.4, 0.5) is 4.79 Å². The van der Waals surface area contributed by atoms with E-state index in [1.165, 1.54) is 6.42 Å². The Kier molecular flexibility index (Phi) is 2.94. The lowest BCUT2D eigenvalue weighted by molar-refractivity contribution is 0.224. The Morgan fingerprint density at radius 2 is 2.40 bits per heavy atom. The van der Waals surface area contributed by atoms with Gasteiger partial charge in [0.2, 0.25) is 0 Å². The zero-order valence-electron chi connectivity index (χ0n) is 8.82. The van der Waals surface area contributed by atoms with Crippen molar-refractivity contribution in [3.05, 3.63) is 24.2 Å². The molecule has 0 saturated heterocycles. The van der Waals surface area contributed by atoms with E-state index < -0.39 is 0 Å². The summed E-state index contributed by atoms with van der Waals surface area (Å²) in [5.41, 5.74) is 0. The van der Waals surface area contributed by atoms with Gasteiger partial charge in [0.15, 0.2) is 0 Å². The molecule has 1 aromatic rings. The van der Waals surface area contributed by atoms with Crippen LogP contribution >= 0.6 is 0 Å². The number of furan rings is 1. The molecule has 2 N–H and O–H groups in total. The first kappa shape index (κ1) is 10.1. The summed E-state index contributed by atoms with van der Waals surface area (Å²) in [5.74, 6) is 0.777. The molecule has 1 saturated carbocycles. The predicted molar refractivity (Wildman–Crippen MR) is 56.4 cm³/mol. The van der Waals surface area contributed by atoms with Crippen molar-refractivity contribution in [1.29, 1.82) is 0 Å². The van der Waals surface area contributed by atoms with Gasteiger partial charge in [-0.25, -0.2) is 4.79 Å². The molecule has 0 aliphatic heterocycles. The highest BCUT2D eigenvalue weighted by atomic mass is 16.3. The van der Waals surface area contributed by atoms with Gasteiger partial charge < -0.3 is 15.1 Å². The molecule has 2 rings (SSSR count). The number of carbonyl (C=O) groups excluding carboxylic acids is 1. The van der Waals surface area contributed by atoms with E-state index in [4.69, 9.17) is 4.42 Å². The van der Waals surface area contributed by atoms with Crippen LogP contribution < -0.4 is 10.6 Å². The molecular formula is C11H16N2O2. The van der Waals surface area contributed by atoms with Gasteiger partial charge in [0, 0.05) is 6.04 Å². The Morgan fingerprint density at radius 1 is 1.60 bits per heavy atom. The van der Waals surface area contributed by atoms with Crippen LogP contribution in [0.5, 0.6) is 0 Å². The van der Waals surface area contributed by atoms with E-state index in [2.05, 4.69) is 10.6 Å². The van der Waals surface area contributed by atoms with Crippen molar-refractivity contribution < 1.29 is 9.21 Å². The van der Waals surface area contributed by atoms with Gasteiger partial charge in [0.25, 0.3) is 0 Å². The largest absolute Gasteiger partial charge is 0.467 e. The molecule has 82 valence electrons. The zero-order valence-corrected chi connectivity index (χ0v) is 8.82. The first-order valence-corrected chi connectivity index (χ1v) is 5.36. The highest BCUT2D eigenvalue weighted by molar-refractivity contribution is 5.74. The third kappa shape index (κ3) is 2.52. The lowest BCUT2D eigenvalue weighted by atomic mass is 9.93. The average molecular weight is 208 g/mol. The number of nitrogens with one attached hydrogen (secondary N) is 2. The zero-order chi connectivity index (χ0) is 10.7. The second-order valence-corrected chi connectivity index (χ2v) is 3.98. The third-order valence-corrected chi connectivity index (χ3v) is 2.76. The fourth-order valence-corrected chi connectivity index (χ4v) is 1.59. The van der Waals surface area contributed by atoms with E-state index in [1.807, 2.05) is 19.1 Å². The molecule has 4 heteroatoms. The molecule has 2 amide bonds. The van der Waals surface area contributed by atoms with Gasteiger partial charge in [0.1, 0.15) is 5.76 Å². The van der Waals surface area contributed by atoms with E-state index >= 15 is 0 Å². The quantitative estimate of drug-likeness (QED) is 0.800. The molecule has 1 heterocycles. The maximum atomic E-state index is 11.5. The molecule has 1 atom stereocenters. The van der Waals surface area contributed by atoms with Crippen LogP contribution in [-0.2, 0) is 0 Å². The topological polar surface area (TPSA) is 54.3 Å². The number of hydrogen-bond acceptors (Lipinski definition) is 2. The van der Waals surface area contributed by atoms with Crippen LogP contribution in [-0.4, -0.2) is 12.1 Å². The van der Waals surface area contributed by atoms with Crippen LogP contribution in [0.15, 0.2) is 22.8 Å². The summed E-state index contributed by atoms with van der Waals surface area (Å²) in [5, 5.41) is 5.76. The van der Waals surface area contributed by atoms with Crippen molar-refractivity contribution in [3.8, 4) is 0 Å². The smallest absolute Gasteiger partial charge is 0.315 e. The lowest BCUT2D eigenvalue weighted by Crippen LogP contribution is -2.45. The third-order valence-electron chi connectivity index (χ3n) is 2.76. The maximum Gasteiger partial charge on any atom is 0.315 e. The molecule has 0 bridgehead atoms. The molecular weight excluding hydrogens is 192 g/mol. The normalized spacial score (nSPS) is 17.9. The van der Waals surface area contributed by atoms with Crippen LogP contribution in [0.3, 0.4) is 0 Å². The van der Waals surface area contributed by atoms with E-state index in [0.717, 1.165) is 18.6 Å². The Labute approximate surface area is 89.0 Å². The van der Waals surface area contributed by atoms with Crippen LogP contribution in [0.25, 0.3) is 0 Å². The number of amides is 2. The van der Waals surface area contributed by atoms with Gasteiger partial charge in [-0.15, -0.1) is 0 Å². The van der Waals surface area contributed by atoms with Crippen LogP contribution in [0, 0.1) is 0 Å². The number of rotatable bonds is 3. The number of urea groups is 1. The van der Waals surface area contributed by atoms with Crippen molar-refractivity contribution in [1.82, 2.24) is 10.6 Å². The van der Waals surface area contributed by atoms with E-state index in [-0.39, 0.29) is 12.1 Å². The summed E-state index contributed by atoms with van der Waals surface area (Å²) in [6.07, 6.45) is 5.03. The molecule has 1 fully saturated rings. The molecule has 4 nitrogen and oxygen atoms in total. The number of hydrogen-bond donors (Lipinski definition) is 2. The highest BCUT2D eigenvalue weighted by Crippen LogP contribution is 2.18. The standard InChI is InChI=1S/C11H16N2O2/c1-8(10-6-3-7-15-10)12-11(14)13-9-4-2-5-9/h3,6-9H,2,4-5H2,1H3,(H2,12,13,14). The molecule has 15 heavy (non-hydrogen) atoms. The van der Waals surface area contributed by atoms with E-state index in [9.17, 15) is 4.79 Å². The molecule has 0 aromatic carbocycles. The fourth-order valence-electron chi connectivity index (χ4n) is 1.59. The summed E-state index contributed by atoms with van der Waals surface area (Å²) in [7, 11) is 0. The summed E-state index contributed by atoms with van der Waals surface area (Å²) >= 11 is 0. The van der Waals surface area contributed by atoms with Gasteiger partial charge in [-0.2, -0.15) is 0 Å².